The minimum atomic E-state index is -0.464. The van der Waals surface area contributed by atoms with E-state index in [1.54, 1.807) is 23.0 Å². The fraction of sp³-hybridized carbons (Fsp3) is 0. The third-order valence-electron chi connectivity index (χ3n) is 7.25. The van der Waals surface area contributed by atoms with Crippen molar-refractivity contribution in [3.05, 3.63) is 146 Å². The molecule has 2 nitrogen and oxygen atoms in total. The van der Waals surface area contributed by atoms with E-state index < -0.39 is 36.3 Å². The van der Waals surface area contributed by atoms with E-state index in [1.165, 1.54) is 0 Å². The maximum Gasteiger partial charge on any atom is 0.0645 e. The Morgan fingerprint density at radius 1 is 0.513 bits per heavy atom. The number of benzene rings is 6. The summed E-state index contributed by atoms with van der Waals surface area (Å²) in [6, 6.07) is 19.1. The van der Waals surface area contributed by atoms with Gasteiger partial charge in [0.25, 0.3) is 0 Å². The van der Waals surface area contributed by atoms with E-state index in [0.717, 1.165) is 43.4 Å². The van der Waals surface area contributed by atoms with Crippen LogP contribution in [0.2, 0.25) is 0 Å². The predicted octanol–water partition coefficient (Wildman–Crippen LogP) is 9.82. The largest absolute Gasteiger partial charge is 0.309 e. The lowest BCUT2D eigenvalue weighted by Gasteiger charge is -2.18. The first-order chi connectivity index (χ1) is 23.5. The SMILES string of the molecule is [2H]c1c([2H])c([2H])c(-c2c3ccccc3c(-c3ccc4c(c3)c3cnccc3n4-c3c([2H])c([2H])c([2H])c([2H])c3[2H])c3ccccc23)c([2H])c1[2H]. The van der Waals surface area contributed by atoms with Crippen LogP contribution in [0.1, 0.15) is 13.7 Å². The van der Waals surface area contributed by atoms with Gasteiger partial charge in [0.15, 0.2) is 0 Å². The van der Waals surface area contributed by atoms with E-state index in [4.69, 9.17) is 13.7 Å². The summed E-state index contributed by atoms with van der Waals surface area (Å²) in [5.41, 5.74) is 3.70. The second-order valence-corrected chi connectivity index (χ2v) is 9.27. The first-order valence-corrected chi connectivity index (χ1v) is 12.5. The van der Waals surface area contributed by atoms with Crippen molar-refractivity contribution in [2.24, 2.45) is 0 Å². The summed E-state index contributed by atoms with van der Waals surface area (Å²) in [6.07, 6.45) is 3.30. The Morgan fingerprint density at radius 2 is 1.08 bits per heavy atom. The fourth-order valence-electron chi connectivity index (χ4n) is 5.70. The second kappa shape index (κ2) is 8.68. The normalized spacial score (nSPS) is 15.2. The van der Waals surface area contributed by atoms with Gasteiger partial charge in [0.1, 0.15) is 0 Å². The number of para-hydroxylation sites is 1. The summed E-state index contributed by atoms with van der Waals surface area (Å²) in [5, 5.41) is 4.56. The summed E-state index contributed by atoms with van der Waals surface area (Å²) in [4.78, 5) is 4.36. The van der Waals surface area contributed by atoms with E-state index in [0.29, 0.717) is 16.6 Å². The van der Waals surface area contributed by atoms with Gasteiger partial charge in [-0.2, -0.15) is 0 Å². The van der Waals surface area contributed by atoms with E-state index in [2.05, 4.69) is 4.98 Å². The summed E-state index contributed by atoms with van der Waals surface area (Å²) in [7, 11) is 0. The molecule has 0 atom stereocenters. The van der Waals surface area contributed by atoms with E-state index in [1.807, 2.05) is 66.7 Å². The van der Waals surface area contributed by atoms with Crippen LogP contribution in [0, 0.1) is 0 Å². The van der Waals surface area contributed by atoms with Crippen LogP contribution >= 0.6 is 0 Å². The molecule has 0 amide bonds. The second-order valence-electron chi connectivity index (χ2n) is 9.27. The molecule has 0 bridgehead atoms. The maximum absolute atomic E-state index is 8.81. The monoisotopic (exact) mass is 506 g/mol. The molecule has 8 aromatic rings. The van der Waals surface area contributed by atoms with Gasteiger partial charge in [-0.3, -0.25) is 4.98 Å². The van der Waals surface area contributed by atoms with Crippen molar-refractivity contribution in [1.82, 2.24) is 9.55 Å². The van der Waals surface area contributed by atoms with Crippen LogP contribution in [0.15, 0.2) is 146 Å². The smallest absolute Gasteiger partial charge is 0.0645 e. The number of aromatic nitrogens is 2. The van der Waals surface area contributed by atoms with Gasteiger partial charge in [-0.25, -0.2) is 0 Å². The minimum Gasteiger partial charge on any atom is -0.309 e. The first kappa shape index (κ1) is 14.1. The highest BCUT2D eigenvalue weighted by atomic mass is 15.0. The Hall–Kier alpha value is -5.21. The molecule has 182 valence electrons. The Labute approximate surface area is 240 Å². The zero-order valence-electron chi connectivity index (χ0n) is 30.5. The Kier molecular flexibility index (Phi) is 3.13. The third kappa shape index (κ3) is 3.32. The molecule has 0 unspecified atom stereocenters. The molecule has 2 heteroatoms. The Bertz CT molecular complexity index is 2620. The van der Waals surface area contributed by atoms with Crippen LogP contribution in [-0.4, -0.2) is 9.55 Å². The summed E-state index contributed by atoms with van der Waals surface area (Å²) in [5.74, 6) is 0. The number of hydrogen-bond acceptors (Lipinski definition) is 1. The molecule has 0 saturated carbocycles. The topological polar surface area (TPSA) is 17.8 Å². The van der Waals surface area contributed by atoms with Gasteiger partial charge in [-0.05, 0) is 74.1 Å². The van der Waals surface area contributed by atoms with E-state index in [-0.39, 0.29) is 35.4 Å². The highest BCUT2D eigenvalue weighted by Crippen LogP contribution is 2.44. The van der Waals surface area contributed by atoms with Crippen LogP contribution in [0.3, 0.4) is 0 Å². The van der Waals surface area contributed by atoms with Crippen LogP contribution in [-0.2, 0) is 0 Å². The average molecular weight is 507 g/mol. The minimum absolute atomic E-state index is 0.0452. The maximum atomic E-state index is 8.81. The first-order valence-electron chi connectivity index (χ1n) is 17.5. The number of rotatable bonds is 3. The van der Waals surface area contributed by atoms with Crippen molar-refractivity contribution in [2.75, 3.05) is 0 Å². The van der Waals surface area contributed by atoms with Gasteiger partial charge in [0.05, 0.1) is 24.7 Å². The van der Waals surface area contributed by atoms with Gasteiger partial charge >= 0.3 is 0 Å². The lowest BCUT2D eigenvalue weighted by atomic mass is 9.86. The van der Waals surface area contributed by atoms with Crippen molar-refractivity contribution < 1.29 is 13.7 Å². The molecule has 8 rings (SSSR count). The van der Waals surface area contributed by atoms with Crippen molar-refractivity contribution >= 4 is 43.4 Å². The number of nitrogens with zero attached hydrogens (tertiary/aromatic N) is 2. The summed E-state index contributed by atoms with van der Waals surface area (Å²) < 4.78 is 86.3. The standard InChI is InChI=1S/C37H24N2/c1-3-11-25(12-4-1)36-28-15-7-9-17-30(28)37(31-18-10-8-16-29(31)36)26-19-20-34-32(23-26)33-24-38-22-21-35(33)39(34)27-13-5-2-6-14-27/h1-24H/i1D,2D,3D,4D,5D,6D,11D,12D,13D,14D. The van der Waals surface area contributed by atoms with Crippen molar-refractivity contribution in [3.63, 3.8) is 0 Å². The highest BCUT2D eigenvalue weighted by molar-refractivity contribution is 6.22. The van der Waals surface area contributed by atoms with Gasteiger partial charge in [-0.15, -0.1) is 0 Å². The van der Waals surface area contributed by atoms with Crippen molar-refractivity contribution in [1.29, 1.82) is 0 Å². The molecule has 39 heavy (non-hydrogen) atoms. The van der Waals surface area contributed by atoms with E-state index >= 15 is 0 Å². The van der Waals surface area contributed by atoms with Gasteiger partial charge in [0.2, 0.25) is 0 Å². The average Bonchev–Trinajstić information content (AvgIpc) is 3.44. The van der Waals surface area contributed by atoms with Crippen LogP contribution in [0.5, 0.6) is 0 Å². The molecule has 2 heterocycles. The van der Waals surface area contributed by atoms with Crippen LogP contribution in [0.25, 0.3) is 71.3 Å². The quantitative estimate of drug-likeness (QED) is 0.218. The molecule has 2 aromatic heterocycles. The number of fused-ring (bicyclic) bond motifs is 5. The predicted molar refractivity (Wildman–Crippen MR) is 164 cm³/mol. The molecule has 0 N–H and O–H groups in total. The lowest BCUT2D eigenvalue weighted by Crippen LogP contribution is -1.93. The molecule has 0 saturated heterocycles. The van der Waals surface area contributed by atoms with Crippen molar-refractivity contribution in [2.45, 2.75) is 0 Å². The molecule has 0 aliphatic rings. The third-order valence-corrected chi connectivity index (χ3v) is 7.25. The highest BCUT2D eigenvalue weighted by Gasteiger charge is 2.18. The zero-order valence-corrected chi connectivity index (χ0v) is 20.5. The molecule has 0 fully saturated rings. The fourth-order valence-corrected chi connectivity index (χ4v) is 5.70. The number of pyridine rings is 1. The lowest BCUT2D eigenvalue weighted by molar-refractivity contribution is 1.17. The van der Waals surface area contributed by atoms with E-state index in [9.17, 15) is 0 Å². The van der Waals surface area contributed by atoms with Crippen LogP contribution in [0.4, 0.5) is 0 Å². The molecular formula is C37H24N2. The molecular weight excluding hydrogens is 472 g/mol. The Balaban J connectivity index is 1.48. The zero-order chi connectivity index (χ0) is 34.5. The summed E-state index contributed by atoms with van der Waals surface area (Å²) >= 11 is 0. The molecule has 0 spiro atoms. The van der Waals surface area contributed by atoms with Gasteiger partial charge in [-0.1, -0.05) is 103 Å². The molecule has 0 radical (unpaired) electrons. The van der Waals surface area contributed by atoms with Gasteiger partial charge < -0.3 is 4.57 Å². The summed E-state index contributed by atoms with van der Waals surface area (Å²) in [6.45, 7) is 0. The molecule has 6 aromatic carbocycles. The van der Waals surface area contributed by atoms with Gasteiger partial charge in [0, 0.05) is 28.9 Å². The molecule has 0 aliphatic carbocycles. The van der Waals surface area contributed by atoms with Crippen molar-refractivity contribution in [3.8, 4) is 27.9 Å². The van der Waals surface area contributed by atoms with Crippen LogP contribution < -0.4 is 0 Å². The Morgan fingerprint density at radius 3 is 1.72 bits per heavy atom. The number of hydrogen-bond donors (Lipinski definition) is 0. The molecule has 0 aliphatic heterocycles.